The van der Waals surface area contributed by atoms with Gasteiger partial charge in [-0.1, -0.05) is 6.07 Å². The van der Waals surface area contributed by atoms with Gasteiger partial charge in [0.2, 0.25) is 5.91 Å². The number of anilines is 1. The van der Waals surface area contributed by atoms with Gasteiger partial charge in [0.1, 0.15) is 0 Å². The van der Waals surface area contributed by atoms with Gasteiger partial charge in [0.15, 0.2) is 0 Å². The molecular formula is C16H21NO4. The zero-order valence-electron chi connectivity index (χ0n) is 12.4. The maximum absolute atomic E-state index is 12.0. The summed E-state index contributed by atoms with van der Waals surface area (Å²) < 4.78 is 5.29. The fourth-order valence-electron chi connectivity index (χ4n) is 2.58. The number of hydrogen-bond donors (Lipinski definition) is 2. The molecule has 0 radical (unpaired) electrons. The molecule has 1 saturated heterocycles. The van der Waals surface area contributed by atoms with Gasteiger partial charge in [-0.25, -0.2) is 4.79 Å². The molecule has 1 aliphatic heterocycles. The number of nitrogens with one attached hydrogen (secondary N) is 1. The van der Waals surface area contributed by atoms with Crippen LogP contribution in [0.15, 0.2) is 12.1 Å². The second-order valence-electron chi connectivity index (χ2n) is 5.60. The molecule has 1 heterocycles. The second kappa shape index (κ2) is 6.72. The maximum Gasteiger partial charge on any atom is 0.336 e. The Morgan fingerprint density at radius 1 is 1.33 bits per heavy atom. The van der Waals surface area contributed by atoms with Gasteiger partial charge in [0, 0.05) is 25.3 Å². The van der Waals surface area contributed by atoms with Crippen LogP contribution >= 0.6 is 0 Å². The Kier molecular flexibility index (Phi) is 4.96. The number of benzene rings is 1. The Morgan fingerprint density at radius 2 is 2.10 bits per heavy atom. The maximum atomic E-state index is 12.0. The number of amides is 1. The normalized spacial score (nSPS) is 17.7. The average molecular weight is 291 g/mol. The summed E-state index contributed by atoms with van der Waals surface area (Å²) in [4.78, 5) is 23.1. The first-order chi connectivity index (χ1) is 9.97. The van der Waals surface area contributed by atoms with Crippen molar-refractivity contribution < 1.29 is 19.4 Å². The number of ether oxygens (including phenoxy) is 1. The molecule has 2 rings (SSSR count). The van der Waals surface area contributed by atoms with Crippen LogP contribution in [0.4, 0.5) is 5.69 Å². The molecule has 114 valence electrons. The summed E-state index contributed by atoms with van der Waals surface area (Å²) in [5.74, 6) is -0.597. The van der Waals surface area contributed by atoms with Crippen molar-refractivity contribution in [2.45, 2.75) is 33.1 Å². The molecule has 0 aromatic heterocycles. The van der Waals surface area contributed by atoms with E-state index in [1.54, 1.807) is 13.0 Å². The second-order valence-corrected chi connectivity index (χ2v) is 5.60. The van der Waals surface area contributed by atoms with Crippen LogP contribution in [0.2, 0.25) is 0 Å². The van der Waals surface area contributed by atoms with Crippen molar-refractivity contribution in [2.24, 2.45) is 5.92 Å². The van der Waals surface area contributed by atoms with Crippen molar-refractivity contribution in [1.29, 1.82) is 0 Å². The highest BCUT2D eigenvalue weighted by molar-refractivity contribution is 5.95. The lowest BCUT2D eigenvalue weighted by Gasteiger charge is -2.12. The highest BCUT2D eigenvalue weighted by Gasteiger charge is 2.17. The molecule has 0 spiro atoms. The number of carbonyl (C=O) groups excluding carboxylic acids is 1. The van der Waals surface area contributed by atoms with E-state index in [0.29, 0.717) is 23.6 Å². The summed E-state index contributed by atoms with van der Waals surface area (Å²) in [6, 6.07) is 3.31. The number of carbonyl (C=O) groups is 2. The summed E-state index contributed by atoms with van der Waals surface area (Å²) in [5, 5.41) is 11.9. The molecule has 0 bridgehead atoms. The van der Waals surface area contributed by atoms with Gasteiger partial charge in [0.25, 0.3) is 0 Å². The van der Waals surface area contributed by atoms with E-state index < -0.39 is 5.97 Å². The van der Waals surface area contributed by atoms with Crippen molar-refractivity contribution >= 4 is 17.6 Å². The molecule has 1 atom stereocenters. The Labute approximate surface area is 124 Å². The summed E-state index contributed by atoms with van der Waals surface area (Å²) in [6.45, 7) is 5.13. The minimum atomic E-state index is -0.980. The molecule has 1 amide bonds. The summed E-state index contributed by atoms with van der Waals surface area (Å²) in [7, 11) is 0. The molecule has 1 fully saturated rings. The van der Waals surface area contributed by atoms with Crippen LogP contribution in [-0.2, 0) is 9.53 Å². The third-order valence-corrected chi connectivity index (χ3v) is 3.88. The molecular weight excluding hydrogens is 270 g/mol. The van der Waals surface area contributed by atoms with Gasteiger partial charge < -0.3 is 15.2 Å². The minimum absolute atomic E-state index is 0.0785. The Morgan fingerprint density at radius 3 is 2.71 bits per heavy atom. The van der Waals surface area contributed by atoms with Crippen molar-refractivity contribution in [2.75, 3.05) is 18.5 Å². The Bertz CT molecular complexity index is 547. The van der Waals surface area contributed by atoms with Crippen molar-refractivity contribution in [1.82, 2.24) is 0 Å². The summed E-state index contributed by atoms with van der Waals surface area (Å²) in [6.07, 6.45) is 2.26. The number of rotatable bonds is 5. The highest BCUT2D eigenvalue weighted by atomic mass is 16.5. The zero-order valence-corrected chi connectivity index (χ0v) is 12.4. The third kappa shape index (κ3) is 4.04. The molecule has 2 N–H and O–H groups in total. The highest BCUT2D eigenvalue weighted by Crippen LogP contribution is 2.22. The Balaban J connectivity index is 1.99. The van der Waals surface area contributed by atoms with Crippen LogP contribution in [0.5, 0.6) is 0 Å². The van der Waals surface area contributed by atoms with Gasteiger partial charge >= 0.3 is 5.97 Å². The number of aryl methyl sites for hydroxylation is 2. The first-order valence-electron chi connectivity index (χ1n) is 7.19. The zero-order chi connectivity index (χ0) is 15.4. The van der Waals surface area contributed by atoms with Crippen molar-refractivity contribution in [3.8, 4) is 0 Å². The molecule has 1 aromatic rings. The molecule has 5 heteroatoms. The average Bonchev–Trinajstić information content (AvgIpc) is 2.92. The number of carboxylic acid groups (broad SMARTS) is 1. The quantitative estimate of drug-likeness (QED) is 0.874. The van der Waals surface area contributed by atoms with Crippen LogP contribution in [0.25, 0.3) is 0 Å². The van der Waals surface area contributed by atoms with Crippen LogP contribution in [0.1, 0.15) is 40.7 Å². The van der Waals surface area contributed by atoms with Crippen LogP contribution in [0.3, 0.4) is 0 Å². The third-order valence-electron chi connectivity index (χ3n) is 3.88. The Hall–Kier alpha value is -1.88. The summed E-state index contributed by atoms with van der Waals surface area (Å²) in [5.41, 5.74) is 2.36. The first kappa shape index (κ1) is 15.5. The smallest absolute Gasteiger partial charge is 0.336 e. The largest absolute Gasteiger partial charge is 0.478 e. The summed E-state index contributed by atoms with van der Waals surface area (Å²) >= 11 is 0. The van der Waals surface area contributed by atoms with Crippen molar-refractivity contribution in [3.63, 3.8) is 0 Å². The van der Waals surface area contributed by atoms with E-state index in [1.807, 2.05) is 6.92 Å². The molecule has 1 aromatic carbocycles. The van der Waals surface area contributed by atoms with E-state index in [9.17, 15) is 9.59 Å². The first-order valence-corrected chi connectivity index (χ1v) is 7.19. The standard InChI is InChI=1S/C16H21NO4/c1-10-7-11(2)14(8-13(10)16(19)20)17-15(18)4-3-12-5-6-21-9-12/h7-8,12H,3-6,9H2,1-2H3,(H,17,18)(H,19,20)/t12-/m1/s1. The van der Waals surface area contributed by atoms with E-state index in [-0.39, 0.29) is 11.5 Å². The minimum Gasteiger partial charge on any atom is -0.478 e. The molecule has 0 saturated carbocycles. The predicted molar refractivity (Wildman–Crippen MR) is 79.7 cm³/mol. The fourth-order valence-corrected chi connectivity index (χ4v) is 2.58. The predicted octanol–water partition coefficient (Wildman–Crippen LogP) is 2.76. The van der Waals surface area contributed by atoms with E-state index in [2.05, 4.69) is 5.32 Å². The molecule has 21 heavy (non-hydrogen) atoms. The van der Waals surface area contributed by atoms with E-state index >= 15 is 0 Å². The number of carboxylic acids is 1. The molecule has 0 unspecified atom stereocenters. The van der Waals surface area contributed by atoms with E-state index in [0.717, 1.165) is 31.6 Å². The monoisotopic (exact) mass is 291 g/mol. The molecule has 5 nitrogen and oxygen atoms in total. The molecule has 0 aliphatic carbocycles. The lowest BCUT2D eigenvalue weighted by atomic mass is 10.0. The number of aromatic carboxylic acids is 1. The van der Waals surface area contributed by atoms with Gasteiger partial charge in [-0.3, -0.25) is 4.79 Å². The molecule has 1 aliphatic rings. The van der Waals surface area contributed by atoms with Crippen LogP contribution < -0.4 is 5.32 Å². The van der Waals surface area contributed by atoms with Gasteiger partial charge in [-0.15, -0.1) is 0 Å². The van der Waals surface area contributed by atoms with Crippen LogP contribution in [0, 0.1) is 19.8 Å². The van der Waals surface area contributed by atoms with Crippen molar-refractivity contribution in [3.05, 3.63) is 28.8 Å². The van der Waals surface area contributed by atoms with E-state index in [1.165, 1.54) is 6.07 Å². The van der Waals surface area contributed by atoms with Crippen LogP contribution in [-0.4, -0.2) is 30.2 Å². The lowest BCUT2D eigenvalue weighted by molar-refractivity contribution is -0.116. The van der Waals surface area contributed by atoms with E-state index in [4.69, 9.17) is 9.84 Å². The van der Waals surface area contributed by atoms with Gasteiger partial charge in [-0.2, -0.15) is 0 Å². The fraction of sp³-hybridized carbons (Fsp3) is 0.500. The lowest BCUT2D eigenvalue weighted by Crippen LogP contribution is -2.15. The van der Waals surface area contributed by atoms with Gasteiger partial charge in [-0.05, 0) is 49.8 Å². The topological polar surface area (TPSA) is 75.6 Å². The van der Waals surface area contributed by atoms with Gasteiger partial charge in [0.05, 0.1) is 5.56 Å². The number of hydrogen-bond acceptors (Lipinski definition) is 3. The SMILES string of the molecule is Cc1cc(C)c(C(=O)O)cc1NC(=O)CC[C@@H]1CCOC1.